The fourth-order valence-corrected chi connectivity index (χ4v) is 5.68. The van der Waals surface area contributed by atoms with E-state index in [0.717, 1.165) is 42.3 Å². The molecule has 1 aliphatic rings. The third kappa shape index (κ3) is 5.06. The molecule has 0 bridgehead atoms. The smallest absolute Gasteiger partial charge is 0.243 e. The van der Waals surface area contributed by atoms with Gasteiger partial charge in [-0.2, -0.15) is 9.40 Å². The number of nitrogens with zero attached hydrogens (tertiary/aromatic N) is 4. The summed E-state index contributed by atoms with van der Waals surface area (Å²) in [5.41, 5.74) is 4.12. The molecule has 180 valence electrons. The van der Waals surface area contributed by atoms with Crippen molar-refractivity contribution in [2.24, 2.45) is 0 Å². The number of benzene rings is 2. The maximum absolute atomic E-state index is 13.0. The van der Waals surface area contributed by atoms with E-state index < -0.39 is 10.0 Å². The largest absolute Gasteiger partial charge is 0.326 e. The van der Waals surface area contributed by atoms with Crippen LogP contribution in [-0.4, -0.2) is 66.0 Å². The Labute approximate surface area is 201 Å². The second-order valence-corrected chi connectivity index (χ2v) is 10.4. The molecule has 1 aliphatic heterocycles. The van der Waals surface area contributed by atoms with Crippen LogP contribution >= 0.6 is 0 Å². The van der Waals surface area contributed by atoms with Gasteiger partial charge in [0.15, 0.2) is 0 Å². The summed E-state index contributed by atoms with van der Waals surface area (Å²) >= 11 is 0. The Hall–Kier alpha value is -3.01. The zero-order valence-electron chi connectivity index (χ0n) is 19.9. The second kappa shape index (κ2) is 10.1. The van der Waals surface area contributed by atoms with Gasteiger partial charge in [0.2, 0.25) is 15.9 Å². The minimum absolute atomic E-state index is 0.176. The number of carbonyl (C=O) groups excluding carboxylic acids is 1. The van der Waals surface area contributed by atoms with Crippen LogP contribution in [0.3, 0.4) is 0 Å². The molecule has 4 rings (SSSR count). The second-order valence-electron chi connectivity index (χ2n) is 8.48. The summed E-state index contributed by atoms with van der Waals surface area (Å²) in [6.07, 6.45) is 0.187. The van der Waals surface area contributed by atoms with E-state index in [4.69, 9.17) is 0 Å². The van der Waals surface area contributed by atoms with Crippen LogP contribution in [0.4, 0.5) is 5.69 Å². The Kier molecular flexibility index (Phi) is 7.16. The molecular formula is C25H31N5O3S. The van der Waals surface area contributed by atoms with E-state index in [2.05, 4.69) is 22.2 Å². The van der Waals surface area contributed by atoms with Crippen LogP contribution in [0.5, 0.6) is 0 Å². The van der Waals surface area contributed by atoms with E-state index in [1.807, 2.05) is 48.9 Å². The molecule has 1 saturated heterocycles. The number of aromatic nitrogens is 2. The number of sulfonamides is 1. The fraction of sp³-hybridized carbons (Fsp3) is 0.360. The maximum Gasteiger partial charge on any atom is 0.243 e. The van der Waals surface area contributed by atoms with Crippen LogP contribution in [0.15, 0.2) is 59.5 Å². The van der Waals surface area contributed by atoms with Crippen LogP contribution in [0, 0.1) is 13.8 Å². The lowest BCUT2D eigenvalue weighted by Gasteiger charge is -2.33. The van der Waals surface area contributed by atoms with Gasteiger partial charge in [0.05, 0.1) is 22.7 Å². The van der Waals surface area contributed by atoms with Crippen molar-refractivity contribution in [2.75, 3.05) is 38.0 Å². The van der Waals surface area contributed by atoms with Gasteiger partial charge in [-0.15, -0.1) is 0 Å². The predicted octanol–water partition coefficient (Wildman–Crippen LogP) is 3.00. The molecule has 0 saturated carbocycles. The van der Waals surface area contributed by atoms with Crippen molar-refractivity contribution in [3.05, 3.63) is 71.5 Å². The standard InChI is InChI=1S/C25H31N5O3S/c1-4-28-14-16-29(17-15-28)34(32,33)23-12-10-21(11-13-23)26-25(31)18-24-19(2)27-30(20(24)3)22-8-6-5-7-9-22/h5-13H,4,14-18H2,1-3H3,(H,26,31). The maximum atomic E-state index is 13.0. The van der Waals surface area contributed by atoms with Gasteiger partial charge >= 0.3 is 0 Å². The molecule has 34 heavy (non-hydrogen) atoms. The monoisotopic (exact) mass is 481 g/mol. The Morgan fingerprint density at radius 3 is 2.24 bits per heavy atom. The number of hydrogen-bond donors (Lipinski definition) is 1. The van der Waals surface area contributed by atoms with Gasteiger partial charge in [-0.1, -0.05) is 25.1 Å². The number of likely N-dealkylation sites (N-methyl/N-ethyl adjacent to an activating group) is 1. The summed E-state index contributed by atoms with van der Waals surface area (Å²) in [7, 11) is -3.54. The van der Waals surface area contributed by atoms with E-state index in [9.17, 15) is 13.2 Å². The molecule has 1 fully saturated rings. The van der Waals surface area contributed by atoms with Gasteiger partial charge in [-0.05, 0) is 56.8 Å². The highest BCUT2D eigenvalue weighted by Gasteiger charge is 2.28. The number of nitrogens with one attached hydrogen (secondary N) is 1. The van der Waals surface area contributed by atoms with Crippen molar-refractivity contribution < 1.29 is 13.2 Å². The van der Waals surface area contributed by atoms with Gasteiger partial charge in [0.1, 0.15) is 0 Å². The van der Waals surface area contributed by atoms with Crippen LogP contribution < -0.4 is 5.32 Å². The number of carbonyl (C=O) groups is 1. The van der Waals surface area contributed by atoms with E-state index in [1.54, 1.807) is 24.3 Å². The number of para-hydroxylation sites is 1. The SMILES string of the molecule is CCN1CCN(S(=O)(=O)c2ccc(NC(=O)Cc3c(C)nn(-c4ccccc4)c3C)cc2)CC1. The van der Waals surface area contributed by atoms with Crippen molar-refractivity contribution in [2.45, 2.75) is 32.1 Å². The number of aryl methyl sites for hydroxylation is 1. The lowest BCUT2D eigenvalue weighted by Crippen LogP contribution is -2.48. The van der Waals surface area contributed by atoms with E-state index in [0.29, 0.717) is 18.8 Å². The van der Waals surface area contributed by atoms with E-state index in [-0.39, 0.29) is 17.2 Å². The normalized spacial score (nSPS) is 15.4. The van der Waals surface area contributed by atoms with Crippen molar-refractivity contribution in [1.82, 2.24) is 19.0 Å². The third-order valence-electron chi connectivity index (χ3n) is 6.33. The van der Waals surface area contributed by atoms with Crippen LogP contribution in [0.1, 0.15) is 23.9 Å². The minimum atomic E-state index is -3.54. The number of amides is 1. The number of anilines is 1. The highest BCUT2D eigenvalue weighted by Crippen LogP contribution is 2.21. The van der Waals surface area contributed by atoms with Gasteiger partial charge in [0, 0.05) is 43.1 Å². The highest BCUT2D eigenvalue weighted by molar-refractivity contribution is 7.89. The fourth-order valence-electron chi connectivity index (χ4n) is 4.26. The minimum Gasteiger partial charge on any atom is -0.326 e. The van der Waals surface area contributed by atoms with E-state index >= 15 is 0 Å². The molecule has 0 radical (unpaired) electrons. The summed E-state index contributed by atoms with van der Waals surface area (Å²) in [6, 6.07) is 16.2. The Morgan fingerprint density at radius 1 is 0.971 bits per heavy atom. The first-order chi connectivity index (χ1) is 16.3. The summed E-state index contributed by atoms with van der Waals surface area (Å²) in [6.45, 7) is 9.31. The average Bonchev–Trinajstić information content (AvgIpc) is 3.13. The zero-order valence-corrected chi connectivity index (χ0v) is 20.7. The summed E-state index contributed by atoms with van der Waals surface area (Å²) in [5.74, 6) is -0.176. The molecule has 2 aromatic carbocycles. The van der Waals surface area contributed by atoms with Gasteiger partial charge in [-0.25, -0.2) is 13.1 Å². The molecule has 1 amide bonds. The Balaban J connectivity index is 1.41. The molecule has 9 heteroatoms. The molecule has 8 nitrogen and oxygen atoms in total. The summed E-state index contributed by atoms with van der Waals surface area (Å²) in [5, 5.41) is 7.47. The number of hydrogen-bond acceptors (Lipinski definition) is 5. The van der Waals surface area contributed by atoms with Crippen LogP contribution in [0.25, 0.3) is 5.69 Å². The molecule has 0 aliphatic carbocycles. The first-order valence-electron chi connectivity index (χ1n) is 11.5. The number of piperazine rings is 1. The first-order valence-corrected chi connectivity index (χ1v) is 13.0. The zero-order chi connectivity index (χ0) is 24.3. The van der Waals surface area contributed by atoms with Crippen molar-refractivity contribution in [3.63, 3.8) is 0 Å². The predicted molar refractivity (Wildman–Crippen MR) is 133 cm³/mol. The van der Waals surface area contributed by atoms with Gasteiger partial charge in [-0.3, -0.25) is 4.79 Å². The Bertz CT molecular complexity index is 1250. The molecule has 0 unspecified atom stereocenters. The van der Waals surface area contributed by atoms with Crippen LogP contribution in [0.2, 0.25) is 0 Å². The highest BCUT2D eigenvalue weighted by atomic mass is 32.2. The first kappa shape index (κ1) is 24.1. The topological polar surface area (TPSA) is 87.5 Å². The van der Waals surface area contributed by atoms with Gasteiger partial charge in [0.25, 0.3) is 0 Å². The average molecular weight is 482 g/mol. The van der Waals surface area contributed by atoms with Crippen molar-refractivity contribution >= 4 is 21.6 Å². The quantitative estimate of drug-likeness (QED) is 0.561. The van der Waals surface area contributed by atoms with Crippen LogP contribution in [-0.2, 0) is 21.2 Å². The lowest BCUT2D eigenvalue weighted by atomic mass is 10.1. The van der Waals surface area contributed by atoms with Gasteiger partial charge < -0.3 is 10.2 Å². The van der Waals surface area contributed by atoms with E-state index in [1.165, 1.54) is 4.31 Å². The molecule has 1 aromatic heterocycles. The molecule has 2 heterocycles. The molecule has 1 N–H and O–H groups in total. The third-order valence-corrected chi connectivity index (χ3v) is 8.25. The molecular weight excluding hydrogens is 450 g/mol. The summed E-state index contributed by atoms with van der Waals surface area (Å²) in [4.78, 5) is 15.2. The number of rotatable bonds is 7. The Morgan fingerprint density at radius 2 is 1.62 bits per heavy atom. The molecule has 0 atom stereocenters. The molecule has 0 spiro atoms. The molecule has 3 aromatic rings. The lowest BCUT2D eigenvalue weighted by molar-refractivity contribution is -0.115. The van der Waals surface area contributed by atoms with Crippen molar-refractivity contribution in [3.8, 4) is 5.69 Å². The summed E-state index contributed by atoms with van der Waals surface area (Å²) < 4.78 is 29.3. The van der Waals surface area contributed by atoms with Crippen molar-refractivity contribution in [1.29, 1.82) is 0 Å².